The first-order valence-electron chi connectivity index (χ1n) is 18.2. The monoisotopic (exact) mass is 675 g/mol. The molecule has 0 aromatic heterocycles. The first kappa shape index (κ1) is 32.0. The van der Waals surface area contributed by atoms with Gasteiger partial charge in [0.05, 0.1) is 0 Å². The second kappa shape index (κ2) is 14.3. The van der Waals surface area contributed by atoms with Crippen molar-refractivity contribution in [2.45, 2.75) is 0 Å². The molecule has 0 bridgehead atoms. The Labute approximate surface area is 311 Å². The molecule has 0 spiro atoms. The quantitative estimate of drug-likeness (QED) is 0.155. The summed E-state index contributed by atoms with van der Waals surface area (Å²) < 4.78 is 0. The molecule has 0 N–H and O–H groups in total. The predicted molar refractivity (Wildman–Crippen MR) is 226 cm³/mol. The highest BCUT2D eigenvalue weighted by molar-refractivity contribution is 5.89. The molecule has 53 heavy (non-hydrogen) atoms. The number of rotatable bonds is 8. The van der Waals surface area contributed by atoms with Gasteiger partial charge in [0.2, 0.25) is 0 Å². The Hall–Kier alpha value is -6.96. The van der Waals surface area contributed by atoms with Crippen molar-refractivity contribution in [2.24, 2.45) is 0 Å². The Morgan fingerprint density at radius 3 is 1.32 bits per heavy atom. The third-order valence-electron chi connectivity index (χ3n) is 10.1. The summed E-state index contributed by atoms with van der Waals surface area (Å²) in [4.78, 5) is 2.36. The number of fused-ring (bicyclic) bond motifs is 1. The van der Waals surface area contributed by atoms with Gasteiger partial charge in [0.15, 0.2) is 0 Å². The van der Waals surface area contributed by atoms with Gasteiger partial charge in [-0.2, -0.15) is 0 Å². The minimum absolute atomic E-state index is 1.10. The molecule has 0 radical (unpaired) electrons. The van der Waals surface area contributed by atoms with Gasteiger partial charge in [-0.15, -0.1) is 0 Å². The van der Waals surface area contributed by atoms with Crippen LogP contribution in [0.1, 0.15) is 0 Å². The molecule has 9 rings (SSSR count). The SMILES string of the molecule is c1ccc(-c2ccc(N(c3ccc(-c4cccc(-c5ccc6ccccc6c5)c4)cc3)c3cccc(-c4ccccc4-c4ccccc4)c3)cc2)cc1. The molecule has 0 atom stereocenters. The van der Waals surface area contributed by atoms with E-state index in [2.05, 4.69) is 229 Å². The van der Waals surface area contributed by atoms with Crippen molar-refractivity contribution < 1.29 is 0 Å². The lowest BCUT2D eigenvalue weighted by Crippen LogP contribution is -2.10. The molecule has 0 saturated carbocycles. The van der Waals surface area contributed by atoms with E-state index in [-0.39, 0.29) is 0 Å². The minimum Gasteiger partial charge on any atom is -0.310 e. The van der Waals surface area contributed by atoms with Gasteiger partial charge in [0.25, 0.3) is 0 Å². The van der Waals surface area contributed by atoms with Crippen LogP contribution in [-0.4, -0.2) is 0 Å². The van der Waals surface area contributed by atoms with Crippen LogP contribution < -0.4 is 4.90 Å². The summed E-state index contributed by atoms with van der Waals surface area (Å²) in [5.74, 6) is 0. The van der Waals surface area contributed by atoms with Gasteiger partial charge in [-0.3, -0.25) is 0 Å². The zero-order valence-corrected chi connectivity index (χ0v) is 29.3. The Kier molecular flexibility index (Phi) is 8.66. The van der Waals surface area contributed by atoms with Crippen LogP contribution in [0.15, 0.2) is 224 Å². The topological polar surface area (TPSA) is 3.24 Å². The molecule has 0 aliphatic rings. The fourth-order valence-corrected chi connectivity index (χ4v) is 7.35. The minimum atomic E-state index is 1.10. The lowest BCUT2D eigenvalue weighted by atomic mass is 9.94. The average Bonchev–Trinajstić information content (AvgIpc) is 3.25. The van der Waals surface area contributed by atoms with E-state index >= 15 is 0 Å². The van der Waals surface area contributed by atoms with E-state index in [0.29, 0.717) is 0 Å². The summed E-state index contributed by atoms with van der Waals surface area (Å²) in [5.41, 5.74) is 15.3. The molecule has 9 aromatic rings. The van der Waals surface area contributed by atoms with Gasteiger partial charge in [0.1, 0.15) is 0 Å². The number of hydrogen-bond acceptors (Lipinski definition) is 1. The molecule has 250 valence electrons. The summed E-state index contributed by atoms with van der Waals surface area (Å²) in [6, 6.07) is 80.8. The Balaban J connectivity index is 1.10. The summed E-state index contributed by atoms with van der Waals surface area (Å²) in [5, 5.41) is 2.51. The second-order valence-corrected chi connectivity index (χ2v) is 13.4. The van der Waals surface area contributed by atoms with Crippen molar-refractivity contribution in [3.8, 4) is 55.6 Å². The highest BCUT2D eigenvalue weighted by Crippen LogP contribution is 2.40. The molecule has 0 heterocycles. The average molecular weight is 676 g/mol. The number of nitrogens with zero attached hydrogens (tertiary/aromatic N) is 1. The molecule has 1 heteroatoms. The second-order valence-electron chi connectivity index (χ2n) is 13.4. The van der Waals surface area contributed by atoms with E-state index in [9.17, 15) is 0 Å². The van der Waals surface area contributed by atoms with E-state index in [1.54, 1.807) is 0 Å². The Bertz CT molecular complexity index is 2640. The van der Waals surface area contributed by atoms with Crippen molar-refractivity contribution in [1.29, 1.82) is 0 Å². The van der Waals surface area contributed by atoms with Crippen LogP contribution in [0.2, 0.25) is 0 Å². The van der Waals surface area contributed by atoms with E-state index in [0.717, 1.165) is 17.1 Å². The first-order chi connectivity index (χ1) is 26.3. The fourth-order valence-electron chi connectivity index (χ4n) is 7.35. The lowest BCUT2D eigenvalue weighted by molar-refractivity contribution is 1.28. The van der Waals surface area contributed by atoms with Gasteiger partial charge in [-0.1, -0.05) is 176 Å². The molecule has 0 unspecified atom stereocenters. The Morgan fingerprint density at radius 2 is 0.642 bits per heavy atom. The maximum atomic E-state index is 2.36. The number of benzene rings is 9. The standard InChI is InChI=1S/C52H37N/c1-3-13-38(14-4-1)40-27-31-48(32-28-40)53(50-22-12-21-47(37-50)52-24-10-9-23-51(52)42-16-5-2-6-17-42)49-33-29-41(30-34-49)44-19-11-20-45(35-44)46-26-25-39-15-7-8-18-43(39)36-46/h1-37H. The first-order valence-corrected chi connectivity index (χ1v) is 18.2. The van der Waals surface area contributed by atoms with Crippen LogP contribution in [-0.2, 0) is 0 Å². The van der Waals surface area contributed by atoms with Crippen molar-refractivity contribution in [2.75, 3.05) is 4.90 Å². The van der Waals surface area contributed by atoms with Gasteiger partial charge < -0.3 is 4.90 Å². The van der Waals surface area contributed by atoms with Crippen molar-refractivity contribution in [3.63, 3.8) is 0 Å². The van der Waals surface area contributed by atoms with Crippen molar-refractivity contribution >= 4 is 27.8 Å². The van der Waals surface area contributed by atoms with E-state index in [1.165, 1.54) is 66.4 Å². The van der Waals surface area contributed by atoms with Crippen molar-refractivity contribution in [1.82, 2.24) is 0 Å². The van der Waals surface area contributed by atoms with Gasteiger partial charge >= 0.3 is 0 Å². The number of hydrogen-bond donors (Lipinski definition) is 0. The van der Waals surface area contributed by atoms with E-state index in [1.807, 2.05) is 0 Å². The van der Waals surface area contributed by atoms with Crippen LogP contribution in [0.3, 0.4) is 0 Å². The van der Waals surface area contributed by atoms with Crippen LogP contribution in [0.25, 0.3) is 66.4 Å². The van der Waals surface area contributed by atoms with E-state index < -0.39 is 0 Å². The predicted octanol–water partition coefficient (Wildman–Crippen LogP) is 14.6. The summed E-state index contributed by atoms with van der Waals surface area (Å²) in [6.07, 6.45) is 0. The lowest BCUT2D eigenvalue weighted by Gasteiger charge is -2.26. The van der Waals surface area contributed by atoms with Crippen LogP contribution in [0, 0.1) is 0 Å². The fraction of sp³-hybridized carbons (Fsp3) is 0. The third-order valence-corrected chi connectivity index (χ3v) is 10.1. The zero-order valence-electron chi connectivity index (χ0n) is 29.3. The van der Waals surface area contributed by atoms with Crippen LogP contribution in [0.4, 0.5) is 17.1 Å². The highest BCUT2D eigenvalue weighted by atomic mass is 15.1. The maximum Gasteiger partial charge on any atom is 0.0467 e. The zero-order chi connectivity index (χ0) is 35.4. The molecular formula is C52H37N. The Morgan fingerprint density at radius 1 is 0.208 bits per heavy atom. The summed E-state index contributed by atoms with van der Waals surface area (Å²) in [7, 11) is 0. The molecule has 0 saturated heterocycles. The smallest absolute Gasteiger partial charge is 0.0467 e. The largest absolute Gasteiger partial charge is 0.310 e. The molecule has 1 nitrogen and oxygen atoms in total. The highest BCUT2D eigenvalue weighted by Gasteiger charge is 2.16. The third kappa shape index (κ3) is 6.65. The van der Waals surface area contributed by atoms with Crippen LogP contribution in [0.5, 0.6) is 0 Å². The molecule has 0 fully saturated rings. The van der Waals surface area contributed by atoms with Crippen molar-refractivity contribution in [3.05, 3.63) is 224 Å². The summed E-state index contributed by atoms with van der Waals surface area (Å²) in [6.45, 7) is 0. The van der Waals surface area contributed by atoms with Gasteiger partial charge in [0, 0.05) is 17.1 Å². The molecule has 0 aliphatic carbocycles. The number of anilines is 3. The summed E-state index contributed by atoms with van der Waals surface area (Å²) >= 11 is 0. The molecule has 0 amide bonds. The molecular weight excluding hydrogens is 639 g/mol. The maximum absolute atomic E-state index is 2.36. The normalized spacial score (nSPS) is 11.0. The van der Waals surface area contributed by atoms with Gasteiger partial charge in [-0.05, 0) is 115 Å². The van der Waals surface area contributed by atoms with E-state index in [4.69, 9.17) is 0 Å². The molecule has 0 aliphatic heterocycles. The molecule has 9 aromatic carbocycles. The van der Waals surface area contributed by atoms with Crippen LogP contribution >= 0.6 is 0 Å². The van der Waals surface area contributed by atoms with Gasteiger partial charge in [-0.25, -0.2) is 0 Å².